The van der Waals surface area contributed by atoms with E-state index in [2.05, 4.69) is 0 Å². The first kappa shape index (κ1) is 18.1. The Kier molecular flexibility index (Phi) is 5.32. The van der Waals surface area contributed by atoms with E-state index >= 15 is 0 Å². The van der Waals surface area contributed by atoms with Gasteiger partial charge in [-0.2, -0.15) is 0 Å². The maximum atomic E-state index is 12.7. The van der Waals surface area contributed by atoms with Crippen LogP contribution >= 0.6 is 11.8 Å². The molecule has 134 valence electrons. The molecule has 0 spiro atoms. The van der Waals surface area contributed by atoms with Gasteiger partial charge in [0.2, 0.25) is 0 Å². The highest BCUT2D eigenvalue weighted by Crippen LogP contribution is 2.39. The topological polar surface area (TPSA) is 55.8 Å². The van der Waals surface area contributed by atoms with Gasteiger partial charge in [0.05, 0.1) is 24.7 Å². The molecule has 0 unspecified atom stereocenters. The van der Waals surface area contributed by atoms with Crippen LogP contribution in [0.4, 0.5) is 0 Å². The van der Waals surface area contributed by atoms with Gasteiger partial charge in [0.1, 0.15) is 0 Å². The molecule has 0 fully saturated rings. The van der Waals surface area contributed by atoms with E-state index in [-0.39, 0.29) is 11.8 Å². The number of thioether (sulfide) groups is 1. The molecule has 0 atom stereocenters. The van der Waals surface area contributed by atoms with Crippen LogP contribution < -0.4 is 9.47 Å². The molecule has 0 aliphatic carbocycles. The Hall–Kier alpha value is -2.73. The number of hydrogen-bond acceptors (Lipinski definition) is 5. The first-order chi connectivity index (χ1) is 12.6. The summed E-state index contributed by atoms with van der Waals surface area (Å²) in [6.45, 7) is 0. The largest absolute Gasteiger partial charge is 0.493 e. The highest BCUT2D eigenvalue weighted by atomic mass is 32.2. The van der Waals surface area contributed by atoms with Crippen LogP contribution in [0.3, 0.4) is 0 Å². The molecule has 2 aromatic carbocycles. The molecule has 0 saturated heterocycles. The van der Waals surface area contributed by atoms with Crippen molar-refractivity contribution in [1.82, 2.24) is 4.90 Å². The van der Waals surface area contributed by atoms with Gasteiger partial charge >= 0.3 is 0 Å². The highest BCUT2D eigenvalue weighted by molar-refractivity contribution is 8.03. The molecule has 6 heteroatoms. The van der Waals surface area contributed by atoms with Gasteiger partial charge < -0.3 is 9.47 Å². The van der Waals surface area contributed by atoms with Crippen LogP contribution in [0.25, 0.3) is 5.57 Å². The molecule has 0 saturated carbocycles. The minimum Gasteiger partial charge on any atom is -0.493 e. The number of ether oxygens (including phenoxy) is 2. The second-order valence-corrected chi connectivity index (χ2v) is 6.70. The number of nitrogens with zero attached hydrogens (tertiary/aromatic N) is 1. The van der Waals surface area contributed by atoms with Gasteiger partial charge in [-0.05, 0) is 23.3 Å². The van der Waals surface area contributed by atoms with Crippen LogP contribution in [0, 0.1) is 0 Å². The fourth-order valence-electron chi connectivity index (χ4n) is 2.73. The number of likely N-dealkylation sites (N-methyl/N-ethyl adjacent to an activating group) is 1. The van der Waals surface area contributed by atoms with Gasteiger partial charge in [-0.15, -0.1) is 11.8 Å². The SMILES string of the molecule is COc1ccc(C2=C(SCc3ccccc3)C(=O)N(C)C2=O)cc1OC. The first-order valence-corrected chi connectivity index (χ1v) is 9.01. The predicted octanol–water partition coefficient (Wildman–Crippen LogP) is 3.35. The number of imide groups is 1. The van der Waals surface area contributed by atoms with Gasteiger partial charge in [-0.25, -0.2) is 0 Å². The monoisotopic (exact) mass is 369 g/mol. The van der Waals surface area contributed by atoms with Crippen LogP contribution in [0.2, 0.25) is 0 Å². The van der Waals surface area contributed by atoms with E-state index in [1.54, 1.807) is 25.3 Å². The van der Waals surface area contributed by atoms with Gasteiger partial charge in [0.15, 0.2) is 11.5 Å². The molecule has 0 bridgehead atoms. The minimum atomic E-state index is -0.308. The lowest BCUT2D eigenvalue weighted by molar-refractivity contribution is -0.134. The lowest BCUT2D eigenvalue weighted by atomic mass is 10.1. The molecule has 0 N–H and O–H groups in total. The third-order valence-electron chi connectivity index (χ3n) is 4.14. The molecule has 0 radical (unpaired) electrons. The van der Waals surface area contributed by atoms with Crippen LogP contribution in [-0.2, 0) is 15.3 Å². The molecular formula is C20H19NO4S. The predicted molar refractivity (Wildman–Crippen MR) is 102 cm³/mol. The quantitative estimate of drug-likeness (QED) is 0.731. The fourth-order valence-corrected chi connectivity index (χ4v) is 3.84. The zero-order valence-electron chi connectivity index (χ0n) is 14.8. The van der Waals surface area contributed by atoms with Crippen molar-refractivity contribution in [2.75, 3.05) is 21.3 Å². The third-order valence-corrected chi connectivity index (χ3v) is 5.29. The second kappa shape index (κ2) is 7.66. The van der Waals surface area contributed by atoms with E-state index in [1.165, 1.54) is 25.9 Å². The van der Waals surface area contributed by atoms with E-state index in [4.69, 9.17) is 9.47 Å². The molecular weight excluding hydrogens is 350 g/mol. The lowest BCUT2D eigenvalue weighted by Gasteiger charge is -2.10. The molecule has 1 aliphatic rings. The number of carbonyl (C=O) groups excluding carboxylic acids is 2. The maximum Gasteiger partial charge on any atom is 0.267 e. The molecule has 1 aliphatic heterocycles. The van der Waals surface area contributed by atoms with Crippen molar-refractivity contribution >= 4 is 29.1 Å². The van der Waals surface area contributed by atoms with Crippen LogP contribution in [-0.4, -0.2) is 38.0 Å². The van der Waals surface area contributed by atoms with Crippen LogP contribution in [0.5, 0.6) is 11.5 Å². The zero-order valence-corrected chi connectivity index (χ0v) is 15.6. The lowest BCUT2D eigenvalue weighted by Crippen LogP contribution is -2.26. The zero-order chi connectivity index (χ0) is 18.7. The van der Waals surface area contributed by atoms with Crippen molar-refractivity contribution in [1.29, 1.82) is 0 Å². The smallest absolute Gasteiger partial charge is 0.267 e. The Bertz CT molecular complexity index is 877. The summed E-state index contributed by atoms with van der Waals surface area (Å²) >= 11 is 1.37. The number of benzene rings is 2. The highest BCUT2D eigenvalue weighted by Gasteiger charge is 2.37. The molecule has 26 heavy (non-hydrogen) atoms. The van der Waals surface area contributed by atoms with Crippen LogP contribution in [0.15, 0.2) is 53.4 Å². The second-order valence-electron chi connectivity index (χ2n) is 5.72. The average molecular weight is 369 g/mol. The molecule has 2 aromatic rings. The van der Waals surface area contributed by atoms with E-state index in [0.29, 0.717) is 33.3 Å². The summed E-state index contributed by atoms with van der Waals surface area (Å²) in [5.41, 5.74) is 2.13. The Balaban J connectivity index is 2.00. The van der Waals surface area contributed by atoms with Crippen molar-refractivity contribution in [3.8, 4) is 11.5 Å². The number of methoxy groups -OCH3 is 2. The van der Waals surface area contributed by atoms with Gasteiger partial charge in [-0.1, -0.05) is 36.4 Å². The Morgan fingerprint density at radius 1 is 0.923 bits per heavy atom. The van der Waals surface area contributed by atoms with E-state index in [9.17, 15) is 9.59 Å². The summed E-state index contributed by atoms with van der Waals surface area (Å²) in [5.74, 6) is 1.11. The van der Waals surface area contributed by atoms with E-state index < -0.39 is 0 Å². The van der Waals surface area contributed by atoms with Crippen molar-refractivity contribution in [3.63, 3.8) is 0 Å². The standard InChI is InChI=1S/C20H19NO4S/c1-21-19(22)17(14-9-10-15(24-2)16(11-14)25-3)18(20(21)23)26-12-13-7-5-4-6-8-13/h4-11H,12H2,1-3H3. The maximum absolute atomic E-state index is 12.7. The number of rotatable bonds is 6. The summed E-state index contributed by atoms with van der Waals surface area (Å²) in [5, 5.41) is 0. The Labute approximate surface area is 156 Å². The number of amides is 2. The van der Waals surface area contributed by atoms with Gasteiger partial charge in [0.25, 0.3) is 11.8 Å². The van der Waals surface area contributed by atoms with Gasteiger partial charge in [-0.3, -0.25) is 14.5 Å². The summed E-state index contributed by atoms with van der Waals surface area (Å²) in [4.78, 5) is 26.8. The van der Waals surface area contributed by atoms with Crippen molar-refractivity contribution in [3.05, 3.63) is 64.6 Å². The van der Waals surface area contributed by atoms with Crippen molar-refractivity contribution < 1.29 is 19.1 Å². The van der Waals surface area contributed by atoms with E-state index in [1.807, 2.05) is 30.3 Å². The van der Waals surface area contributed by atoms with E-state index in [0.717, 1.165) is 10.5 Å². The summed E-state index contributed by atoms with van der Waals surface area (Å²) < 4.78 is 10.6. The molecule has 3 rings (SSSR count). The Morgan fingerprint density at radius 2 is 1.62 bits per heavy atom. The van der Waals surface area contributed by atoms with Crippen LogP contribution in [0.1, 0.15) is 11.1 Å². The molecule has 0 aromatic heterocycles. The van der Waals surface area contributed by atoms with Crippen molar-refractivity contribution in [2.24, 2.45) is 0 Å². The van der Waals surface area contributed by atoms with Gasteiger partial charge in [0, 0.05) is 12.8 Å². The minimum absolute atomic E-state index is 0.277. The number of carbonyl (C=O) groups is 2. The molecule has 2 amide bonds. The average Bonchev–Trinajstić information content (AvgIpc) is 2.90. The summed E-state index contributed by atoms with van der Waals surface area (Å²) in [6.07, 6.45) is 0. The normalized spacial score (nSPS) is 14.2. The molecule has 1 heterocycles. The molecule has 5 nitrogen and oxygen atoms in total. The third kappa shape index (κ3) is 3.32. The Morgan fingerprint density at radius 3 is 2.27 bits per heavy atom. The number of hydrogen-bond donors (Lipinski definition) is 0. The first-order valence-electron chi connectivity index (χ1n) is 8.02. The van der Waals surface area contributed by atoms with Crippen molar-refractivity contribution in [2.45, 2.75) is 5.75 Å². The summed E-state index contributed by atoms with van der Waals surface area (Å²) in [6, 6.07) is 15.1. The fraction of sp³-hybridized carbons (Fsp3) is 0.200. The summed E-state index contributed by atoms with van der Waals surface area (Å²) in [7, 11) is 4.59.